The Labute approximate surface area is 103 Å². The normalized spacial score (nSPS) is 10.4. The molecule has 92 valence electrons. The van der Waals surface area contributed by atoms with Gasteiger partial charge in [-0.15, -0.1) is 0 Å². The number of carbonyl (C=O) groups excluding carboxylic acids is 1. The predicted octanol–water partition coefficient (Wildman–Crippen LogP) is 2.35. The first-order valence-electron chi connectivity index (χ1n) is 4.42. The van der Waals surface area contributed by atoms with Gasteiger partial charge in [0.1, 0.15) is 0 Å². The summed E-state index contributed by atoms with van der Waals surface area (Å²) in [5.41, 5.74) is -0.338. The van der Waals surface area contributed by atoms with Crippen molar-refractivity contribution in [3.8, 4) is 0 Å². The van der Waals surface area contributed by atoms with Gasteiger partial charge in [-0.3, -0.25) is 14.9 Å². The number of halogens is 3. The minimum Gasteiger partial charge on any atom is -0.346 e. The molecule has 5 nitrogen and oxygen atoms in total. The Balaban J connectivity index is 2.92. The second-order valence-electron chi connectivity index (χ2n) is 3.02. The number of non-ortho nitro benzene ring substituents is 1. The summed E-state index contributed by atoms with van der Waals surface area (Å²) in [4.78, 5) is 21.3. The monoisotopic (exact) mass is 308 g/mol. The highest BCUT2D eigenvalue weighted by Gasteiger charge is 2.16. The molecule has 0 bridgehead atoms. The molecule has 0 aromatic heterocycles. The van der Waals surface area contributed by atoms with Crippen LogP contribution in [-0.4, -0.2) is 23.8 Å². The molecule has 0 fully saturated rings. The van der Waals surface area contributed by atoms with Crippen molar-refractivity contribution in [1.29, 1.82) is 0 Å². The van der Waals surface area contributed by atoms with Crippen molar-refractivity contribution in [2.75, 3.05) is 6.54 Å². The van der Waals surface area contributed by atoms with Crippen LogP contribution in [0.3, 0.4) is 0 Å². The molecule has 1 rings (SSSR count). The molecule has 0 aliphatic rings. The summed E-state index contributed by atoms with van der Waals surface area (Å²) < 4.78 is 24.1. The first-order valence-corrected chi connectivity index (χ1v) is 5.21. The molecule has 1 amide bonds. The molecule has 0 aliphatic heterocycles. The number of hydrogen-bond acceptors (Lipinski definition) is 3. The molecular weight excluding hydrogens is 302 g/mol. The Hall–Kier alpha value is -1.57. The zero-order chi connectivity index (χ0) is 13.0. The van der Waals surface area contributed by atoms with Gasteiger partial charge >= 0.3 is 0 Å². The Morgan fingerprint density at radius 1 is 1.53 bits per heavy atom. The Bertz CT molecular complexity index is 454. The lowest BCUT2D eigenvalue weighted by Crippen LogP contribution is -2.28. The zero-order valence-electron chi connectivity index (χ0n) is 8.32. The lowest BCUT2D eigenvalue weighted by molar-refractivity contribution is -0.384. The molecular formula is C9H7BrF2N2O3. The van der Waals surface area contributed by atoms with Gasteiger partial charge in [-0.1, -0.05) is 0 Å². The molecule has 0 spiro atoms. The number of benzene rings is 1. The van der Waals surface area contributed by atoms with Crippen LogP contribution in [0.4, 0.5) is 14.5 Å². The molecule has 1 aromatic rings. The second-order valence-corrected chi connectivity index (χ2v) is 3.88. The van der Waals surface area contributed by atoms with Gasteiger partial charge in [-0.05, 0) is 22.0 Å². The summed E-state index contributed by atoms with van der Waals surface area (Å²) in [6.45, 7) is -0.798. The fourth-order valence-electron chi connectivity index (χ4n) is 1.07. The van der Waals surface area contributed by atoms with Crippen molar-refractivity contribution in [3.05, 3.63) is 38.3 Å². The van der Waals surface area contributed by atoms with E-state index in [1.54, 1.807) is 0 Å². The Morgan fingerprint density at radius 2 is 2.18 bits per heavy atom. The van der Waals surface area contributed by atoms with Gasteiger partial charge in [-0.25, -0.2) is 8.78 Å². The minimum atomic E-state index is -2.67. The van der Waals surface area contributed by atoms with E-state index >= 15 is 0 Å². The van der Waals surface area contributed by atoms with Gasteiger partial charge in [0.05, 0.1) is 17.0 Å². The van der Waals surface area contributed by atoms with Crippen molar-refractivity contribution in [3.63, 3.8) is 0 Å². The number of amides is 1. The maximum atomic E-state index is 11.9. The average Bonchev–Trinajstić information content (AvgIpc) is 2.26. The topological polar surface area (TPSA) is 72.2 Å². The van der Waals surface area contributed by atoms with E-state index in [1.807, 2.05) is 5.32 Å². The highest BCUT2D eigenvalue weighted by Crippen LogP contribution is 2.22. The van der Waals surface area contributed by atoms with Crippen LogP contribution < -0.4 is 5.32 Å². The molecule has 1 N–H and O–H groups in total. The van der Waals surface area contributed by atoms with Crippen LogP contribution in [0.25, 0.3) is 0 Å². The lowest BCUT2D eigenvalue weighted by Gasteiger charge is -2.06. The third kappa shape index (κ3) is 3.74. The third-order valence-electron chi connectivity index (χ3n) is 1.82. The van der Waals surface area contributed by atoms with Crippen molar-refractivity contribution >= 4 is 27.5 Å². The quantitative estimate of drug-likeness (QED) is 0.685. The number of rotatable bonds is 4. The largest absolute Gasteiger partial charge is 0.346 e. The number of hydrogen-bond donors (Lipinski definition) is 1. The SMILES string of the molecule is O=C(NCC(F)F)c1cc([N+](=O)[O-])ccc1Br. The number of nitrogens with one attached hydrogen (secondary N) is 1. The maximum Gasteiger partial charge on any atom is 0.270 e. The number of alkyl halides is 2. The van der Waals surface area contributed by atoms with E-state index in [1.165, 1.54) is 12.1 Å². The Kier molecular flexibility index (Phi) is 4.50. The number of carbonyl (C=O) groups is 1. The first-order chi connectivity index (χ1) is 7.91. The van der Waals surface area contributed by atoms with E-state index in [2.05, 4.69) is 15.9 Å². The van der Waals surface area contributed by atoms with Crippen LogP contribution in [0.15, 0.2) is 22.7 Å². The molecule has 17 heavy (non-hydrogen) atoms. The van der Waals surface area contributed by atoms with E-state index in [9.17, 15) is 23.7 Å². The summed E-state index contributed by atoms with van der Waals surface area (Å²) >= 11 is 3.02. The minimum absolute atomic E-state index is 0.0557. The molecule has 1 aromatic carbocycles. The fraction of sp³-hybridized carbons (Fsp3) is 0.222. The summed E-state index contributed by atoms with van der Waals surface area (Å²) in [7, 11) is 0. The molecule has 0 saturated carbocycles. The van der Waals surface area contributed by atoms with Crippen LogP contribution in [-0.2, 0) is 0 Å². The number of nitro groups is 1. The van der Waals surface area contributed by atoms with E-state index in [0.717, 1.165) is 6.07 Å². The summed E-state index contributed by atoms with van der Waals surface area (Å²) in [5.74, 6) is -0.791. The van der Waals surface area contributed by atoms with Crippen LogP contribution in [0.1, 0.15) is 10.4 Å². The van der Waals surface area contributed by atoms with E-state index < -0.39 is 23.8 Å². The molecule has 0 unspecified atom stereocenters. The van der Waals surface area contributed by atoms with Gasteiger partial charge in [0.25, 0.3) is 18.0 Å². The molecule has 0 atom stereocenters. The molecule has 0 saturated heterocycles. The standard InChI is InChI=1S/C9H7BrF2N2O3/c10-7-2-1-5(14(16)17)3-6(7)9(15)13-4-8(11)12/h1-3,8H,4H2,(H,13,15). The van der Waals surface area contributed by atoms with Crippen LogP contribution in [0, 0.1) is 10.1 Å². The predicted molar refractivity (Wildman–Crippen MR) is 59.1 cm³/mol. The highest BCUT2D eigenvalue weighted by atomic mass is 79.9. The van der Waals surface area contributed by atoms with Crippen molar-refractivity contribution < 1.29 is 18.5 Å². The van der Waals surface area contributed by atoms with E-state index in [0.29, 0.717) is 4.47 Å². The van der Waals surface area contributed by atoms with Gasteiger partial charge in [0.2, 0.25) is 0 Å². The van der Waals surface area contributed by atoms with Crippen molar-refractivity contribution in [1.82, 2.24) is 5.32 Å². The molecule has 0 aliphatic carbocycles. The van der Waals surface area contributed by atoms with Gasteiger partial charge in [0.15, 0.2) is 0 Å². The molecule has 8 heteroatoms. The van der Waals surface area contributed by atoms with Crippen LogP contribution in [0.2, 0.25) is 0 Å². The summed E-state index contributed by atoms with van der Waals surface area (Å²) in [5, 5.41) is 12.5. The van der Waals surface area contributed by atoms with Gasteiger partial charge in [-0.2, -0.15) is 0 Å². The van der Waals surface area contributed by atoms with Crippen LogP contribution in [0.5, 0.6) is 0 Å². The zero-order valence-corrected chi connectivity index (χ0v) is 9.91. The molecule has 0 radical (unpaired) electrons. The summed E-state index contributed by atoms with van der Waals surface area (Å²) in [6, 6.07) is 3.54. The van der Waals surface area contributed by atoms with Crippen molar-refractivity contribution in [2.24, 2.45) is 0 Å². The fourth-order valence-corrected chi connectivity index (χ4v) is 1.49. The molecule has 0 heterocycles. The summed E-state index contributed by atoms with van der Waals surface area (Å²) in [6.07, 6.45) is -2.67. The lowest BCUT2D eigenvalue weighted by atomic mass is 10.2. The first kappa shape index (κ1) is 13.5. The van der Waals surface area contributed by atoms with Gasteiger partial charge in [0, 0.05) is 16.6 Å². The number of nitrogens with zero attached hydrogens (tertiary/aromatic N) is 1. The third-order valence-corrected chi connectivity index (χ3v) is 2.51. The maximum absolute atomic E-state index is 11.9. The van der Waals surface area contributed by atoms with Gasteiger partial charge < -0.3 is 5.32 Å². The average molecular weight is 309 g/mol. The Morgan fingerprint density at radius 3 is 2.71 bits per heavy atom. The smallest absolute Gasteiger partial charge is 0.270 e. The highest BCUT2D eigenvalue weighted by molar-refractivity contribution is 9.10. The van der Waals surface area contributed by atoms with E-state index in [4.69, 9.17) is 0 Å². The number of nitro benzene ring substituents is 1. The van der Waals surface area contributed by atoms with E-state index in [-0.39, 0.29) is 11.3 Å². The van der Waals surface area contributed by atoms with Crippen molar-refractivity contribution in [2.45, 2.75) is 6.43 Å². The second kappa shape index (κ2) is 5.67. The van der Waals surface area contributed by atoms with Crippen LogP contribution >= 0.6 is 15.9 Å².